The van der Waals surface area contributed by atoms with Gasteiger partial charge in [-0.2, -0.15) is 0 Å². The fraction of sp³-hybridized carbons (Fsp3) is 0.714. The first-order chi connectivity index (χ1) is 12.9. The molecule has 0 bridgehead atoms. The standard InChI is InChI=1S/C21H34N4O2/c1-15(2)20(25-13-16(3)27-17(4)14-25)21(26)23-12-18-7-8-19(22-11-18)24-9-5-6-10-24/h7-8,11,15-17,20H,5-6,9-10,12-14H2,1-4H3,(H,23,26)/t16-,17+,20-/m0/s1. The maximum Gasteiger partial charge on any atom is 0.237 e. The van der Waals surface area contributed by atoms with Crippen molar-refractivity contribution in [2.45, 2.75) is 65.3 Å². The number of carbonyl (C=O) groups is 1. The van der Waals surface area contributed by atoms with E-state index in [0.29, 0.717) is 6.54 Å². The molecule has 1 aromatic rings. The van der Waals surface area contributed by atoms with E-state index in [2.05, 4.69) is 59.9 Å². The molecule has 2 aliphatic rings. The van der Waals surface area contributed by atoms with Crippen LogP contribution in [0, 0.1) is 5.92 Å². The zero-order chi connectivity index (χ0) is 19.4. The fourth-order valence-corrected chi connectivity index (χ4v) is 4.28. The van der Waals surface area contributed by atoms with Gasteiger partial charge in [0.2, 0.25) is 5.91 Å². The summed E-state index contributed by atoms with van der Waals surface area (Å²) in [5, 5.41) is 3.12. The molecule has 3 heterocycles. The highest BCUT2D eigenvalue weighted by atomic mass is 16.5. The van der Waals surface area contributed by atoms with Gasteiger partial charge in [0.1, 0.15) is 5.82 Å². The smallest absolute Gasteiger partial charge is 0.237 e. The molecule has 27 heavy (non-hydrogen) atoms. The molecule has 0 radical (unpaired) electrons. The second-order valence-electron chi connectivity index (χ2n) is 8.34. The molecule has 0 unspecified atom stereocenters. The van der Waals surface area contributed by atoms with Gasteiger partial charge >= 0.3 is 0 Å². The minimum Gasteiger partial charge on any atom is -0.373 e. The van der Waals surface area contributed by atoms with Crippen LogP contribution in [-0.4, -0.2) is 60.2 Å². The molecule has 0 aliphatic carbocycles. The van der Waals surface area contributed by atoms with E-state index in [4.69, 9.17) is 4.74 Å². The van der Waals surface area contributed by atoms with Crippen LogP contribution in [0.4, 0.5) is 5.82 Å². The molecule has 2 fully saturated rings. The van der Waals surface area contributed by atoms with Crippen LogP contribution in [0.15, 0.2) is 18.3 Å². The van der Waals surface area contributed by atoms with Crippen LogP contribution in [-0.2, 0) is 16.1 Å². The monoisotopic (exact) mass is 374 g/mol. The zero-order valence-corrected chi connectivity index (χ0v) is 17.1. The van der Waals surface area contributed by atoms with Crippen molar-refractivity contribution in [1.29, 1.82) is 0 Å². The molecule has 0 spiro atoms. The van der Waals surface area contributed by atoms with Gasteiger partial charge in [-0.3, -0.25) is 9.69 Å². The topological polar surface area (TPSA) is 57.7 Å². The second-order valence-corrected chi connectivity index (χ2v) is 8.34. The van der Waals surface area contributed by atoms with E-state index in [-0.39, 0.29) is 30.1 Å². The average Bonchev–Trinajstić information content (AvgIpc) is 3.14. The average molecular weight is 375 g/mol. The van der Waals surface area contributed by atoms with Crippen molar-refractivity contribution in [3.05, 3.63) is 23.9 Å². The first kappa shape index (κ1) is 20.1. The van der Waals surface area contributed by atoms with Crippen molar-refractivity contribution >= 4 is 11.7 Å². The largest absolute Gasteiger partial charge is 0.373 e. The van der Waals surface area contributed by atoms with Gasteiger partial charge in [-0.05, 0) is 44.2 Å². The predicted octanol–water partition coefficient (Wildman–Crippen LogP) is 2.43. The summed E-state index contributed by atoms with van der Waals surface area (Å²) in [6.07, 6.45) is 4.69. The van der Waals surface area contributed by atoms with E-state index in [9.17, 15) is 4.79 Å². The predicted molar refractivity (Wildman–Crippen MR) is 108 cm³/mol. The van der Waals surface area contributed by atoms with Crippen LogP contribution in [0.5, 0.6) is 0 Å². The molecule has 6 nitrogen and oxygen atoms in total. The normalized spacial score (nSPS) is 25.0. The number of hydrogen-bond donors (Lipinski definition) is 1. The lowest BCUT2D eigenvalue weighted by Gasteiger charge is -2.41. The Morgan fingerprint density at radius 1 is 1.22 bits per heavy atom. The number of carbonyl (C=O) groups excluding carboxylic acids is 1. The third kappa shape index (κ3) is 5.20. The Hall–Kier alpha value is -1.66. The SMILES string of the molecule is CC(C)[C@@H](C(=O)NCc1ccc(N2CCCC2)nc1)N1C[C@@H](C)O[C@@H](C)C1. The molecule has 6 heteroatoms. The van der Waals surface area contributed by atoms with Gasteiger partial charge in [0.15, 0.2) is 0 Å². The van der Waals surface area contributed by atoms with Crippen molar-refractivity contribution in [2.75, 3.05) is 31.1 Å². The number of nitrogens with one attached hydrogen (secondary N) is 1. The van der Waals surface area contributed by atoms with Gasteiger partial charge in [0.05, 0.1) is 18.2 Å². The second kappa shape index (κ2) is 9.02. The van der Waals surface area contributed by atoms with Crippen molar-refractivity contribution in [3.8, 4) is 0 Å². The lowest BCUT2D eigenvalue weighted by molar-refractivity contribution is -0.135. The highest BCUT2D eigenvalue weighted by molar-refractivity contribution is 5.82. The van der Waals surface area contributed by atoms with Gasteiger partial charge in [0.25, 0.3) is 0 Å². The summed E-state index contributed by atoms with van der Waals surface area (Å²) in [4.78, 5) is 22.1. The Morgan fingerprint density at radius 2 is 1.89 bits per heavy atom. The number of morpholine rings is 1. The quantitative estimate of drug-likeness (QED) is 0.829. The zero-order valence-electron chi connectivity index (χ0n) is 17.1. The van der Waals surface area contributed by atoms with Crippen LogP contribution >= 0.6 is 0 Å². The Balaban J connectivity index is 1.57. The summed E-state index contributed by atoms with van der Waals surface area (Å²) in [5.74, 6) is 1.38. The lowest BCUT2D eigenvalue weighted by atomic mass is 9.99. The third-order valence-corrected chi connectivity index (χ3v) is 5.45. The van der Waals surface area contributed by atoms with Gasteiger partial charge in [-0.25, -0.2) is 4.98 Å². The van der Waals surface area contributed by atoms with Gasteiger partial charge in [-0.15, -0.1) is 0 Å². The highest BCUT2D eigenvalue weighted by Crippen LogP contribution is 2.20. The van der Waals surface area contributed by atoms with Gasteiger partial charge < -0.3 is 15.0 Å². The molecule has 3 atom stereocenters. The molecular weight excluding hydrogens is 340 g/mol. The molecule has 150 valence electrons. The van der Waals surface area contributed by atoms with E-state index in [1.54, 1.807) is 0 Å². The Bertz CT molecular complexity index is 603. The van der Waals surface area contributed by atoms with Gasteiger partial charge in [0, 0.05) is 38.9 Å². The molecule has 0 saturated carbocycles. The summed E-state index contributed by atoms with van der Waals surface area (Å²) >= 11 is 0. The molecule has 3 rings (SSSR count). The number of ether oxygens (including phenoxy) is 1. The summed E-state index contributed by atoms with van der Waals surface area (Å²) in [6.45, 7) is 12.7. The Labute approximate surface area is 163 Å². The fourth-order valence-electron chi connectivity index (χ4n) is 4.28. The van der Waals surface area contributed by atoms with Gasteiger partial charge in [-0.1, -0.05) is 19.9 Å². The van der Waals surface area contributed by atoms with E-state index in [0.717, 1.165) is 37.6 Å². The van der Waals surface area contributed by atoms with Crippen LogP contribution in [0.25, 0.3) is 0 Å². The molecular formula is C21H34N4O2. The third-order valence-electron chi connectivity index (χ3n) is 5.45. The minimum atomic E-state index is -0.129. The molecule has 1 aromatic heterocycles. The van der Waals surface area contributed by atoms with Crippen LogP contribution in [0.1, 0.15) is 46.1 Å². The summed E-state index contributed by atoms with van der Waals surface area (Å²) in [6, 6.07) is 4.01. The highest BCUT2D eigenvalue weighted by Gasteiger charge is 2.34. The minimum absolute atomic E-state index is 0.0925. The molecule has 1 amide bonds. The van der Waals surface area contributed by atoms with E-state index in [1.165, 1.54) is 12.8 Å². The van der Waals surface area contributed by atoms with Crippen molar-refractivity contribution < 1.29 is 9.53 Å². The molecule has 0 aromatic carbocycles. The number of hydrogen-bond acceptors (Lipinski definition) is 5. The van der Waals surface area contributed by atoms with Crippen LogP contribution in [0.3, 0.4) is 0 Å². The number of rotatable bonds is 6. The number of pyridine rings is 1. The maximum absolute atomic E-state index is 12.9. The Morgan fingerprint density at radius 3 is 2.44 bits per heavy atom. The maximum atomic E-state index is 12.9. The van der Waals surface area contributed by atoms with Crippen molar-refractivity contribution in [3.63, 3.8) is 0 Å². The van der Waals surface area contributed by atoms with Crippen LogP contribution < -0.4 is 10.2 Å². The number of amides is 1. The molecule has 1 N–H and O–H groups in total. The van der Waals surface area contributed by atoms with E-state index in [1.807, 2.05) is 6.20 Å². The summed E-state index contributed by atoms with van der Waals surface area (Å²) < 4.78 is 5.82. The number of aromatic nitrogens is 1. The lowest BCUT2D eigenvalue weighted by Crippen LogP contribution is -2.56. The Kier molecular flexibility index (Phi) is 6.71. The first-order valence-corrected chi connectivity index (χ1v) is 10.3. The number of nitrogens with zero attached hydrogens (tertiary/aromatic N) is 3. The summed E-state index contributed by atoms with van der Waals surface area (Å²) in [7, 11) is 0. The first-order valence-electron chi connectivity index (χ1n) is 10.3. The van der Waals surface area contributed by atoms with Crippen molar-refractivity contribution in [1.82, 2.24) is 15.2 Å². The summed E-state index contributed by atoms with van der Waals surface area (Å²) in [5.41, 5.74) is 1.04. The van der Waals surface area contributed by atoms with Crippen LogP contribution in [0.2, 0.25) is 0 Å². The van der Waals surface area contributed by atoms with E-state index < -0.39 is 0 Å². The van der Waals surface area contributed by atoms with E-state index >= 15 is 0 Å². The number of anilines is 1. The molecule has 2 aliphatic heterocycles. The van der Waals surface area contributed by atoms with Crippen molar-refractivity contribution in [2.24, 2.45) is 5.92 Å². The molecule has 2 saturated heterocycles.